The lowest BCUT2D eigenvalue weighted by atomic mass is 10.00. The number of likely N-dealkylation sites (N-methyl/N-ethyl adjacent to an activating group) is 1. The number of thiophene rings is 1. The number of ether oxygens (including phenoxy) is 1. The van der Waals surface area contributed by atoms with Crippen LogP contribution in [0.15, 0.2) is 24.7 Å². The van der Waals surface area contributed by atoms with Gasteiger partial charge in [-0.2, -0.15) is 0 Å². The summed E-state index contributed by atoms with van der Waals surface area (Å²) in [6.45, 7) is 7.15. The number of hydrogen-bond acceptors (Lipinski definition) is 8. The Morgan fingerprint density at radius 1 is 1.46 bits per heavy atom. The van der Waals surface area contributed by atoms with Gasteiger partial charge in [-0.15, -0.1) is 11.3 Å². The molecule has 4 heterocycles. The van der Waals surface area contributed by atoms with E-state index in [9.17, 15) is 4.79 Å². The van der Waals surface area contributed by atoms with E-state index in [0.717, 1.165) is 28.5 Å². The zero-order valence-electron chi connectivity index (χ0n) is 16.4. The fourth-order valence-corrected chi connectivity index (χ4v) is 4.50. The minimum atomic E-state index is -0.292. The molecule has 1 aliphatic heterocycles. The molecule has 148 valence electrons. The normalized spacial score (nSPS) is 20.0. The number of hydrazine groups is 1. The van der Waals surface area contributed by atoms with Crippen LogP contribution in [0.1, 0.15) is 40.7 Å². The minimum Gasteiger partial charge on any atom is -0.462 e. The van der Waals surface area contributed by atoms with Crippen LogP contribution in [0.2, 0.25) is 0 Å². The van der Waals surface area contributed by atoms with E-state index in [-0.39, 0.29) is 5.97 Å². The summed E-state index contributed by atoms with van der Waals surface area (Å²) in [6, 6.07) is 2.31. The Hall–Kier alpha value is -2.49. The van der Waals surface area contributed by atoms with Crippen LogP contribution in [0, 0.1) is 6.92 Å². The molecule has 0 saturated carbocycles. The van der Waals surface area contributed by atoms with Crippen molar-refractivity contribution < 1.29 is 9.53 Å². The molecular formula is C19H24N6O2S. The summed E-state index contributed by atoms with van der Waals surface area (Å²) in [5.74, 6) is 0.714. The second kappa shape index (κ2) is 7.50. The molecule has 1 saturated heterocycles. The maximum absolute atomic E-state index is 12.1. The van der Waals surface area contributed by atoms with Gasteiger partial charge in [0.2, 0.25) is 0 Å². The van der Waals surface area contributed by atoms with Gasteiger partial charge in [-0.1, -0.05) is 0 Å². The highest BCUT2D eigenvalue weighted by atomic mass is 32.1. The Bertz CT molecular complexity index is 1010. The molecule has 0 radical (unpaired) electrons. The SMILES string of the molecule is CCOC(=O)c1sc(Nc2nccn3c(C4CNN(C)C4C)cnc23)cc1C. The summed E-state index contributed by atoms with van der Waals surface area (Å²) in [7, 11) is 2.06. The molecule has 28 heavy (non-hydrogen) atoms. The molecule has 0 aromatic carbocycles. The number of hydrogen-bond donors (Lipinski definition) is 2. The summed E-state index contributed by atoms with van der Waals surface area (Å²) in [6.07, 6.45) is 5.63. The van der Waals surface area contributed by atoms with Crippen molar-refractivity contribution in [3.8, 4) is 0 Å². The number of rotatable bonds is 5. The van der Waals surface area contributed by atoms with Crippen LogP contribution in [0.25, 0.3) is 5.65 Å². The largest absolute Gasteiger partial charge is 0.462 e. The van der Waals surface area contributed by atoms with E-state index in [4.69, 9.17) is 4.74 Å². The molecule has 0 amide bonds. The van der Waals surface area contributed by atoms with Crippen LogP contribution in [0.4, 0.5) is 10.8 Å². The molecule has 3 aromatic heterocycles. The van der Waals surface area contributed by atoms with Crippen molar-refractivity contribution in [2.75, 3.05) is 25.5 Å². The van der Waals surface area contributed by atoms with Crippen molar-refractivity contribution >= 4 is 33.8 Å². The van der Waals surface area contributed by atoms with E-state index in [1.54, 1.807) is 13.1 Å². The van der Waals surface area contributed by atoms with E-state index in [1.165, 1.54) is 11.3 Å². The molecular weight excluding hydrogens is 376 g/mol. The van der Waals surface area contributed by atoms with Gasteiger partial charge < -0.3 is 10.1 Å². The molecule has 1 fully saturated rings. The first-order chi connectivity index (χ1) is 13.5. The van der Waals surface area contributed by atoms with Gasteiger partial charge in [0.25, 0.3) is 0 Å². The molecule has 0 spiro atoms. The Kier molecular flexibility index (Phi) is 5.05. The maximum Gasteiger partial charge on any atom is 0.348 e. The zero-order chi connectivity index (χ0) is 19.8. The highest BCUT2D eigenvalue weighted by molar-refractivity contribution is 7.18. The van der Waals surface area contributed by atoms with Gasteiger partial charge >= 0.3 is 5.97 Å². The Morgan fingerprint density at radius 3 is 3.00 bits per heavy atom. The third-order valence-electron chi connectivity index (χ3n) is 5.21. The molecule has 1 aliphatic rings. The van der Waals surface area contributed by atoms with Gasteiger partial charge in [0.15, 0.2) is 11.5 Å². The number of carbonyl (C=O) groups excluding carboxylic acids is 1. The maximum atomic E-state index is 12.1. The number of nitrogens with zero attached hydrogens (tertiary/aromatic N) is 4. The van der Waals surface area contributed by atoms with Crippen LogP contribution in [-0.4, -0.2) is 51.6 Å². The van der Waals surface area contributed by atoms with Gasteiger partial charge in [-0.3, -0.25) is 9.83 Å². The molecule has 4 rings (SSSR count). The van der Waals surface area contributed by atoms with Crippen LogP contribution in [-0.2, 0) is 4.74 Å². The first-order valence-corrected chi connectivity index (χ1v) is 10.1. The fourth-order valence-electron chi connectivity index (χ4n) is 3.54. The summed E-state index contributed by atoms with van der Waals surface area (Å²) >= 11 is 1.36. The molecule has 9 heteroatoms. The molecule has 2 atom stereocenters. The van der Waals surface area contributed by atoms with Crippen molar-refractivity contribution in [3.63, 3.8) is 0 Å². The third-order valence-corrected chi connectivity index (χ3v) is 6.34. The van der Waals surface area contributed by atoms with E-state index in [2.05, 4.69) is 44.1 Å². The summed E-state index contributed by atoms with van der Waals surface area (Å²) < 4.78 is 7.21. The first-order valence-electron chi connectivity index (χ1n) is 9.32. The predicted octanol–water partition coefficient (Wildman–Crippen LogP) is 2.94. The van der Waals surface area contributed by atoms with Gasteiger partial charge in [-0.05, 0) is 32.4 Å². The molecule has 8 nitrogen and oxygen atoms in total. The molecule has 2 N–H and O–H groups in total. The number of esters is 1. The van der Waals surface area contributed by atoms with Gasteiger partial charge in [-0.25, -0.2) is 19.8 Å². The average molecular weight is 401 g/mol. The number of nitrogens with one attached hydrogen (secondary N) is 2. The van der Waals surface area contributed by atoms with E-state index >= 15 is 0 Å². The zero-order valence-corrected chi connectivity index (χ0v) is 17.2. The quantitative estimate of drug-likeness (QED) is 0.637. The van der Waals surface area contributed by atoms with Crippen molar-refractivity contribution in [2.24, 2.45) is 0 Å². The topological polar surface area (TPSA) is 83.8 Å². The lowest BCUT2D eigenvalue weighted by Gasteiger charge is -2.18. The van der Waals surface area contributed by atoms with Crippen molar-refractivity contribution in [1.29, 1.82) is 0 Å². The van der Waals surface area contributed by atoms with Crippen LogP contribution in [0.5, 0.6) is 0 Å². The Morgan fingerprint density at radius 2 is 2.29 bits per heavy atom. The fraction of sp³-hybridized carbons (Fsp3) is 0.421. The highest BCUT2D eigenvalue weighted by Gasteiger charge is 2.31. The van der Waals surface area contributed by atoms with Gasteiger partial charge in [0.05, 0.1) is 11.6 Å². The van der Waals surface area contributed by atoms with Crippen molar-refractivity contribution in [2.45, 2.75) is 32.7 Å². The van der Waals surface area contributed by atoms with E-state index in [0.29, 0.717) is 29.3 Å². The molecule has 3 aromatic rings. The lowest BCUT2D eigenvalue weighted by Crippen LogP contribution is -2.31. The van der Waals surface area contributed by atoms with Crippen LogP contribution < -0.4 is 10.7 Å². The van der Waals surface area contributed by atoms with Crippen molar-refractivity contribution in [3.05, 3.63) is 40.8 Å². The highest BCUT2D eigenvalue weighted by Crippen LogP contribution is 2.32. The smallest absolute Gasteiger partial charge is 0.348 e. The van der Waals surface area contributed by atoms with Gasteiger partial charge in [0, 0.05) is 49.8 Å². The standard InChI is InChI=1S/C19H24N6O2S/c1-5-27-19(26)16-11(2)8-15(28-16)23-17-18-21-10-14(25(18)7-6-20-17)13-9-22-24(4)12(13)3/h6-8,10,12-13,22H,5,9H2,1-4H3,(H,20,23). The molecule has 2 unspecified atom stereocenters. The number of fused-ring (bicyclic) bond motifs is 1. The Balaban J connectivity index is 1.64. The molecule has 0 aliphatic carbocycles. The number of anilines is 2. The lowest BCUT2D eigenvalue weighted by molar-refractivity contribution is 0.0531. The third kappa shape index (κ3) is 3.25. The summed E-state index contributed by atoms with van der Waals surface area (Å²) in [5, 5.41) is 6.29. The Labute approximate surface area is 167 Å². The number of imidazole rings is 1. The molecule has 0 bridgehead atoms. The predicted molar refractivity (Wildman–Crippen MR) is 109 cm³/mol. The number of aryl methyl sites for hydroxylation is 1. The van der Waals surface area contributed by atoms with E-state index < -0.39 is 0 Å². The first kappa shape index (κ1) is 18.9. The van der Waals surface area contributed by atoms with Crippen molar-refractivity contribution in [1.82, 2.24) is 24.8 Å². The minimum absolute atomic E-state index is 0.292. The van der Waals surface area contributed by atoms with Crippen LogP contribution in [0.3, 0.4) is 0 Å². The van der Waals surface area contributed by atoms with Crippen LogP contribution >= 0.6 is 11.3 Å². The number of carbonyl (C=O) groups is 1. The van der Waals surface area contributed by atoms with Gasteiger partial charge in [0.1, 0.15) is 4.88 Å². The average Bonchev–Trinajstić information content (AvgIpc) is 3.34. The monoisotopic (exact) mass is 400 g/mol. The van der Waals surface area contributed by atoms with E-state index in [1.807, 2.05) is 25.4 Å². The summed E-state index contributed by atoms with van der Waals surface area (Å²) in [4.78, 5) is 21.8. The number of aromatic nitrogens is 3. The second-order valence-electron chi connectivity index (χ2n) is 6.94. The summed E-state index contributed by atoms with van der Waals surface area (Å²) in [5.41, 5.74) is 6.18. The second-order valence-corrected chi connectivity index (χ2v) is 7.99.